The lowest BCUT2D eigenvalue weighted by Crippen LogP contribution is -2.35. The third-order valence-corrected chi connectivity index (χ3v) is 5.86. The van der Waals surface area contributed by atoms with Gasteiger partial charge in [0.1, 0.15) is 0 Å². The van der Waals surface area contributed by atoms with Crippen molar-refractivity contribution in [3.8, 4) is 11.1 Å². The van der Waals surface area contributed by atoms with E-state index < -0.39 is 0 Å². The van der Waals surface area contributed by atoms with Gasteiger partial charge in [-0.1, -0.05) is 12.1 Å². The lowest BCUT2D eigenvalue weighted by atomic mass is 10.0. The highest BCUT2D eigenvalue weighted by Gasteiger charge is 2.25. The minimum atomic E-state index is 0.000220. The number of nitrogens with zero attached hydrogens (tertiary/aromatic N) is 4. The van der Waals surface area contributed by atoms with Crippen molar-refractivity contribution < 1.29 is 4.79 Å². The molecule has 0 bridgehead atoms. The molecule has 1 amide bonds. The summed E-state index contributed by atoms with van der Waals surface area (Å²) in [5.41, 5.74) is 11.5. The van der Waals surface area contributed by atoms with Gasteiger partial charge in [0.25, 0.3) is 0 Å². The Morgan fingerprint density at radius 1 is 1.20 bits per heavy atom. The number of fused-ring (bicyclic) bond motifs is 2. The summed E-state index contributed by atoms with van der Waals surface area (Å²) < 4.78 is 2.12. The molecule has 5 rings (SSSR count). The SMILES string of the molecule is Cn1ccc2ccc(-c3cc(N[C@H]4CCN(C(=O)CN)C4)cc4nccnc34)cc21. The topological polar surface area (TPSA) is 89.1 Å². The Bertz CT molecular complexity index is 1250. The van der Waals surface area contributed by atoms with Crippen molar-refractivity contribution in [1.29, 1.82) is 0 Å². The highest BCUT2D eigenvalue weighted by atomic mass is 16.2. The number of aromatic nitrogens is 3. The fraction of sp³-hybridized carbons (Fsp3) is 0.261. The third-order valence-electron chi connectivity index (χ3n) is 5.86. The first kappa shape index (κ1) is 18.6. The zero-order valence-electron chi connectivity index (χ0n) is 16.9. The van der Waals surface area contributed by atoms with Crippen LogP contribution in [-0.4, -0.2) is 51.0 Å². The van der Waals surface area contributed by atoms with E-state index in [0.29, 0.717) is 6.54 Å². The number of rotatable bonds is 4. The van der Waals surface area contributed by atoms with Crippen molar-refractivity contribution in [3.63, 3.8) is 0 Å². The van der Waals surface area contributed by atoms with E-state index in [2.05, 4.69) is 63.4 Å². The van der Waals surface area contributed by atoms with E-state index in [1.807, 2.05) is 11.0 Å². The first-order chi connectivity index (χ1) is 14.6. The lowest BCUT2D eigenvalue weighted by molar-refractivity contribution is -0.128. The van der Waals surface area contributed by atoms with E-state index in [1.165, 1.54) is 10.9 Å². The van der Waals surface area contributed by atoms with Crippen LogP contribution in [0.5, 0.6) is 0 Å². The van der Waals surface area contributed by atoms with Gasteiger partial charge in [0.15, 0.2) is 0 Å². The van der Waals surface area contributed by atoms with Crippen molar-refractivity contribution in [2.45, 2.75) is 12.5 Å². The summed E-state index contributed by atoms with van der Waals surface area (Å²) in [5.74, 6) is 0.000220. The highest BCUT2D eigenvalue weighted by molar-refractivity contribution is 5.97. The summed E-state index contributed by atoms with van der Waals surface area (Å²) >= 11 is 0. The van der Waals surface area contributed by atoms with Crippen LogP contribution in [0.25, 0.3) is 33.1 Å². The molecule has 2 aromatic carbocycles. The molecule has 1 aliphatic rings. The summed E-state index contributed by atoms with van der Waals surface area (Å²) in [4.78, 5) is 22.9. The molecule has 0 aliphatic carbocycles. The van der Waals surface area contributed by atoms with Crippen LogP contribution in [0.2, 0.25) is 0 Å². The Labute approximate surface area is 174 Å². The van der Waals surface area contributed by atoms with Crippen LogP contribution in [0.1, 0.15) is 6.42 Å². The van der Waals surface area contributed by atoms with Gasteiger partial charge in [0, 0.05) is 61.5 Å². The van der Waals surface area contributed by atoms with Crippen LogP contribution in [0.4, 0.5) is 5.69 Å². The molecule has 0 radical (unpaired) electrons. The van der Waals surface area contributed by atoms with Gasteiger partial charge in [-0.15, -0.1) is 0 Å². The maximum absolute atomic E-state index is 11.9. The van der Waals surface area contributed by atoms with Crippen molar-refractivity contribution >= 4 is 33.5 Å². The second kappa shape index (κ2) is 7.42. The zero-order chi connectivity index (χ0) is 20.7. The summed E-state index contributed by atoms with van der Waals surface area (Å²) in [7, 11) is 2.05. The molecule has 30 heavy (non-hydrogen) atoms. The van der Waals surface area contributed by atoms with Gasteiger partial charge < -0.3 is 20.5 Å². The number of aryl methyl sites for hydroxylation is 1. The monoisotopic (exact) mass is 400 g/mol. The Morgan fingerprint density at radius 3 is 2.93 bits per heavy atom. The first-order valence-corrected chi connectivity index (χ1v) is 10.2. The number of likely N-dealkylation sites (tertiary alicyclic amines) is 1. The molecule has 1 aliphatic heterocycles. The molecule has 2 aromatic heterocycles. The molecule has 1 fully saturated rings. The van der Waals surface area contributed by atoms with Crippen LogP contribution in [0, 0.1) is 0 Å². The minimum Gasteiger partial charge on any atom is -0.380 e. The Balaban J connectivity index is 1.53. The Morgan fingerprint density at radius 2 is 2.07 bits per heavy atom. The van der Waals surface area contributed by atoms with Gasteiger partial charge in [0.2, 0.25) is 5.91 Å². The smallest absolute Gasteiger partial charge is 0.236 e. The predicted octanol–water partition coefficient (Wildman–Crippen LogP) is 2.76. The Hall–Kier alpha value is -3.45. The normalized spacial score (nSPS) is 16.5. The molecule has 0 saturated carbocycles. The number of amides is 1. The predicted molar refractivity (Wildman–Crippen MR) is 119 cm³/mol. The highest BCUT2D eigenvalue weighted by Crippen LogP contribution is 2.32. The number of nitrogens with two attached hydrogens (primary N) is 1. The maximum atomic E-state index is 11.9. The molecular formula is C23H24N6O. The van der Waals surface area contributed by atoms with Crippen molar-refractivity contribution in [1.82, 2.24) is 19.4 Å². The molecule has 0 spiro atoms. The number of hydrogen-bond donors (Lipinski definition) is 2. The number of carbonyl (C=O) groups excluding carboxylic acids is 1. The fourth-order valence-electron chi connectivity index (χ4n) is 4.28. The minimum absolute atomic E-state index is 0.000220. The maximum Gasteiger partial charge on any atom is 0.236 e. The van der Waals surface area contributed by atoms with Crippen molar-refractivity contribution in [2.24, 2.45) is 12.8 Å². The van der Waals surface area contributed by atoms with Gasteiger partial charge >= 0.3 is 0 Å². The number of benzene rings is 2. The Kier molecular flexibility index (Phi) is 4.59. The molecule has 7 heteroatoms. The quantitative estimate of drug-likeness (QED) is 0.550. The molecule has 1 saturated heterocycles. The molecule has 3 heterocycles. The summed E-state index contributed by atoms with van der Waals surface area (Å²) in [5, 5.41) is 4.80. The number of nitrogens with one attached hydrogen (secondary N) is 1. The molecular weight excluding hydrogens is 376 g/mol. The van der Waals surface area contributed by atoms with E-state index in [-0.39, 0.29) is 18.5 Å². The van der Waals surface area contributed by atoms with Gasteiger partial charge in [-0.2, -0.15) is 0 Å². The average Bonchev–Trinajstić information content (AvgIpc) is 3.39. The molecule has 7 nitrogen and oxygen atoms in total. The van der Waals surface area contributed by atoms with E-state index >= 15 is 0 Å². The second-order valence-electron chi connectivity index (χ2n) is 7.82. The zero-order valence-corrected chi connectivity index (χ0v) is 16.9. The first-order valence-electron chi connectivity index (χ1n) is 10.2. The van der Waals surface area contributed by atoms with Gasteiger partial charge in [-0.3, -0.25) is 14.8 Å². The molecule has 3 N–H and O–H groups in total. The molecule has 4 aromatic rings. The van der Waals surface area contributed by atoms with E-state index in [4.69, 9.17) is 5.73 Å². The summed E-state index contributed by atoms with van der Waals surface area (Å²) in [6, 6.07) is 12.9. The van der Waals surface area contributed by atoms with Crippen LogP contribution in [0.3, 0.4) is 0 Å². The van der Waals surface area contributed by atoms with E-state index in [1.54, 1.807) is 12.4 Å². The van der Waals surface area contributed by atoms with Gasteiger partial charge in [0.05, 0.1) is 17.6 Å². The van der Waals surface area contributed by atoms with Gasteiger partial charge in [-0.05, 0) is 41.6 Å². The fourth-order valence-corrected chi connectivity index (χ4v) is 4.28. The number of hydrogen-bond acceptors (Lipinski definition) is 5. The van der Waals surface area contributed by atoms with Crippen LogP contribution in [0.15, 0.2) is 55.0 Å². The van der Waals surface area contributed by atoms with Crippen LogP contribution < -0.4 is 11.1 Å². The lowest BCUT2D eigenvalue weighted by Gasteiger charge is -2.18. The third kappa shape index (κ3) is 3.27. The van der Waals surface area contributed by atoms with E-state index in [9.17, 15) is 4.79 Å². The number of anilines is 1. The van der Waals surface area contributed by atoms with Crippen molar-refractivity contribution in [3.05, 3.63) is 55.0 Å². The van der Waals surface area contributed by atoms with Crippen LogP contribution in [-0.2, 0) is 11.8 Å². The van der Waals surface area contributed by atoms with Crippen LogP contribution >= 0.6 is 0 Å². The molecule has 152 valence electrons. The van der Waals surface area contributed by atoms with Gasteiger partial charge in [-0.25, -0.2) is 0 Å². The second-order valence-corrected chi connectivity index (χ2v) is 7.82. The van der Waals surface area contributed by atoms with Crippen molar-refractivity contribution in [2.75, 3.05) is 25.0 Å². The molecule has 0 unspecified atom stereocenters. The molecule has 1 atom stereocenters. The number of carbonyl (C=O) groups is 1. The standard InChI is InChI=1S/C23H24N6O/c1-28-8-4-15-2-3-16(10-21(15)28)19-11-18(12-20-23(19)26-7-6-25-20)27-17-5-9-29(14-17)22(30)13-24/h2-4,6-8,10-12,17,27H,5,9,13-14,24H2,1H3/t17-/m0/s1. The average molecular weight is 400 g/mol. The summed E-state index contributed by atoms with van der Waals surface area (Å²) in [6.45, 7) is 1.46. The van der Waals surface area contributed by atoms with E-state index in [0.717, 1.165) is 40.8 Å². The summed E-state index contributed by atoms with van der Waals surface area (Å²) in [6.07, 6.45) is 6.41. The largest absolute Gasteiger partial charge is 0.380 e.